The molecule has 0 atom stereocenters. The number of carbonyl (C=O) groups excluding carboxylic acids is 2. The van der Waals surface area contributed by atoms with Crippen molar-refractivity contribution in [1.82, 2.24) is 5.32 Å². The highest BCUT2D eigenvalue weighted by Crippen LogP contribution is 2.39. The van der Waals surface area contributed by atoms with Gasteiger partial charge < -0.3 is 24.4 Å². The molecule has 166 valence electrons. The van der Waals surface area contributed by atoms with Crippen LogP contribution in [0.5, 0.6) is 17.2 Å². The molecule has 0 unspecified atom stereocenters. The first kappa shape index (κ1) is 22.5. The predicted octanol–water partition coefficient (Wildman–Crippen LogP) is 3.51. The van der Waals surface area contributed by atoms with E-state index in [2.05, 4.69) is 12.2 Å². The molecule has 7 nitrogen and oxygen atoms in total. The highest BCUT2D eigenvalue weighted by atomic mass is 16.5. The van der Waals surface area contributed by atoms with E-state index < -0.39 is 0 Å². The summed E-state index contributed by atoms with van der Waals surface area (Å²) in [5.41, 5.74) is 3.60. The lowest BCUT2D eigenvalue weighted by Gasteiger charge is -2.32. The van der Waals surface area contributed by atoms with E-state index in [9.17, 15) is 9.59 Å². The van der Waals surface area contributed by atoms with Crippen LogP contribution in [0.2, 0.25) is 0 Å². The Labute approximate surface area is 183 Å². The predicted molar refractivity (Wildman–Crippen MR) is 119 cm³/mol. The Morgan fingerprint density at radius 2 is 1.77 bits per heavy atom. The quantitative estimate of drug-likeness (QED) is 0.733. The van der Waals surface area contributed by atoms with Crippen molar-refractivity contribution < 1.29 is 23.8 Å². The lowest BCUT2D eigenvalue weighted by molar-refractivity contribution is -0.123. The molecule has 3 rings (SSSR count). The largest absolute Gasteiger partial charge is 0.495 e. The zero-order chi connectivity index (χ0) is 22.5. The number of ether oxygens (including phenoxy) is 3. The Morgan fingerprint density at radius 3 is 2.45 bits per heavy atom. The van der Waals surface area contributed by atoms with Gasteiger partial charge in [-0.1, -0.05) is 6.07 Å². The van der Waals surface area contributed by atoms with Crippen molar-refractivity contribution in [2.45, 2.75) is 39.7 Å². The molecule has 1 heterocycles. The van der Waals surface area contributed by atoms with E-state index in [0.717, 1.165) is 29.7 Å². The second-order valence-electron chi connectivity index (χ2n) is 7.85. The SMILES string of the molecule is COc1cc(C(=O)N2CCCc3c(C)ccc(OC)c32)ccc1OCC(=O)NC(C)C. The van der Waals surface area contributed by atoms with Crippen LogP contribution >= 0.6 is 0 Å². The zero-order valence-electron chi connectivity index (χ0n) is 18.8. The van der Waals surface area contributed by atoms with Crippen LogP contribution in [0, 0.1) is 6.92 Å². The molecule has 0 aromatic heterocycles. The fraction of sp³-hybridized carbons (Fsp3) is 0.417. The average Bonchev–Trinajstić information content (AvgIpc) is 2.76. The summed E-state index contributed by atoms with van der Waals surface area (Å²) >= 11 is 0. The molecule has 0 bridgehead atoms. The average molecular weight is 427 g/mol. The van der Waals surface area contributed by atoms with Crippen molar-refractivity contribution >= 4 is 17.5 Å². The molecule has 31 heavy (non-hydrogen) atoms. The molecular formula is C24H30N2O5. The number of methoxy groups -OCH3 is 2. The number of aryl methyl sites for hydroxylation is 1. The number of rotatable bonds is 7. The number of nitrogens with zero attached hydrogens (tertiary/aromatic N) is 1. The molecule has 7 heteroatoms. The summed E-state index contributed by atoms with van der Waals surface area (Å²) in [6.45, 7) is 6.30. The minimum Gasteiger partial charge on any atom is -0.495 e. The Hall–Kier alpha value is -3.22. The van der Waals surface area contributed by atoms with Crippen LogP contribution < -0.4 is 24.4 Å². The number of amides is 2. The van der Waals surface area contributed by atoms with Gasteiger partial charge >= 0.3 is 0 Å². The summed E-state index contributed by atoms with van der Waals surface area (Å²) in [5, 5.41) is 2.77. The Bertz CT molecular complexity index is 971. The Kier molecular flexibility index (Phi) is 7.05. The van der Waals surface area contributed by atoms with E-state index in [-0.39, 0.29) is 24.5 Å². The van der Waals surface area contributed by atoms with Gasteiger partial charge in [-0.2, -0.15) is 0 Å². The van der Waals surface area contributed by atoms with Crippen molar-refractivity contribution in [3.8, 4) is 17.2 Å². The number of benzene rings is 2. The van der Waals surface area contributed by atoms with Crippen LogP contribution in [0.25, 0.3) is 0 Å². The van der Waals surface area contributed by atoms with Crippen LogP contribution in [0.4, 0.5) is 5.69 Å². The highest BCUT2D eigenvalue weighted by molar-refractivity contribution is 6.08. The number of carbonyl (C=O) groups is 2. The lowest BCUT2D eigenvalue weighted by atomic mass is 9.95. The van der Waals surface area contributed by atoms with Crippen molar-refractivity contribution in [3.63, 3.8) is 0 Å². The number of anilines is 1. The van der Waals surface area contributed by atoms with E-state index in [1.165, 1.54) is 7.11 Å². The molecule has 1 aliphatic heterocycles. The van der Waals surface area contributed by atoms with Crippen LogP contribution in [0.15, 0.2) is 30.3 Å². The molecule has 0 radical (unpaired) electrons. The molecule has 0 saturated carbocycles. The van der Waals surface area contributed by atoms with Gasteiger partial charge in [-0.05, 0) is 69.0 Å². The summed E-state index contributed by atoms with van der Waals surface area (Å²) < 4.78 is 16.6. The van der Waals surface area contributed by atoms with Crippen LogP contribution in [-0.4, -0.2) is 45.2 Å². The fourth-order valence-corrected chi connectivity index (χ4v) is 3.80. The van der Waals surface area contributed by atoms with Crippen LogP contribution in [0.3, 0.4) is 0 Å². The third-order valence-electron chi connectivity index (χ3n) is 5.24. The number of hydrogen-bond donors (Lipinski definition) is 1. The van der Waals surface area contributed by atoms with Gasteiger partial charge in [0.25, 0.3) is 11.8 Å². The molecule has 0 fully saturated rings. The van der Waals surface area contributed by atoms with Crippen LogP contribution in [-0.2, 0) is 11.2 Å². The first-order chi connectivity index (χ1) is 14.8. The van der Waals surface area contributed by atoms with E-state index in [4.69, 9.17) is 14.2 Å². The summed E-state index contributed by atoms with van der Waals surface area (Å²) in [4.78, 5) is 27.1. The van der Waals surface area contributed by atoms with E-state index in [1.54, 1.807) is 30.2 Å². The van der Waals surface area contributed by atoms with Crippen molar-refractivity contribution in [2.24, 2.45) is 0 Å². The topological polar surface area (TPSA) is 77.1 Å². The van der Waals surface area contributed by atoms with E-state index in [1.807, 2.05) is 26.0 Å². The van der Waals surface area contributed by atoms with E-state index in [0.29, 0.717) is 29.4 Å². The van der Waals surface area contributed by atoms with Crippen LogP contribution in [0.1, 0.15) is 41.8 Å². The standard InChI is InChI=1S/C24H30N2O5/c1-15(2)25-22(27)14-31-19-11-9-17(13-21(19)30-5)24(28)26-12-6-7-18-16(3)8-10-20(29-4)23(18)26/h8-11,13,15H,6-7,12,14H2,1-5H3,(H,25,27). The molecule has 0 saturated heterocycles. The normalized spacial score (nSPS) is 12.9. The summed E-state index contributed by atoms with van der Waals surface area (Å²) in [6.07, 6.45) is 1.80. The maximum atomic E-state index is 13.4. The maximum absolute atomic E-state index is 13.4. The minimum absolute atomic E-state index is 0.0334. The van der Waals surface area contributed by atoms with E-state index >= 15 is 0 Å². The Morgan fingerprint density at radius 1 is 1.06 bits per heavy atom. The summed E-state index contributed by atoms with van der Waals surface area (Å²) in [5.74, 6) is 1.15. The zero-order valence-corrected chi connectivity index (χ0v) is 18.8. The molecule has 2 aromatic carbocycles. The van der Waals surface area contributed by atoms with Crippen molar-refractivity contribution in [2.75, 3.05) is 32.3 Å². The molecule has 2 amide bonds. The molecule has 2 aromatic rings. The van der Waals surface area contributed by atoms with Gasteiger partial charge in [-0.15, -0.1) is 0 Å². The minimum atomic E-state index is -0.218. The number of fused-ring (bicyclic) bond motifs is 1. The van der Waals surface area contributed by atoms with Gasteiger partial charge in [0.05, 0.1) is 19.9 Å². The van der Waals surface area contributed by atoms with Gasteiger partial charge in [-0.25, -0.2) is 0 Å². The van der Waals surface area contributed by atoms with Crippen molar-refractivity contribution in [3.05, 3.63) is 47.0 Å². The van der Waals surface area contributed by atoms with Gasteiger partial charge in [0.15, 0.2) is 18.1 Å². The summed E-state index contributed by atoms with van der Waals surface area (Å²) in [6, 6.07) is 8.96. The monoisotopic (exact) mass is 426 g/mol. The lowest BCUT2D eigenvalue weighted by Crippen LogP contribution is -2.36. The van der Waals surface area contributed by atoms with Crippen molar-refractivity contribution in [1.29, 1.82) is 0 Å². The second-order valence-corrected chi connectivity index (χ2v) is 7.85. The molecule has 1 aliphatic rings. The third-order valence-corrected chi connectivity index (χ3v) is 5.24. The fourth-order valence-electron chi connectivity index (χ4n) is 3.80. The first-order valence-electron chi connectivity index (χ1n) is 10.4. The second kappa shape index (κ2) is 9.73. The maximum Gasteiger partial charge on any atom is 0.258 e. The van der Waals surface area contributed by atoms with Gasteiger partial charge in [0, 0.05) is 18.2 Å². The molecule has 0 spiro atoms. The van der Waals surface area contributed by atoms with Gasteiger partial charge in [0.1, 0.15) is 5.75 Å². The van der Waals surface area contributed by atoms with Gasteiger partial charge in [0.2, 0.25) is 0 Å². The highest BCUT2D eigenvalue weighted by Gasteiger charge is 2.28. The molecule has 0 aliphatic carbocycles. The summed E-state index contributed by atoms with van der Waals surface area (Å²) in [7, 11) is 3.13. The molecule has 1 N–H and O–H groups in total. The molecular weight excluding hydrogens is 396 g/mol. The smallest absolute Gasteiger partial charge is 0.258 e. The number of hydrogen-bond acceptors (Lipinski definition) is 5. The third kappa shape index (κ3) is 4.93. The first-order valence-corrected chi connectivity index (χ1v) is 10.4. The number of nitrogens with one attached hydrogen (secondary N) is 1. The van der Waals surface area contributed by atoms with Gasteiger partial charge in [-0.3, -0.25) is 9.59 Å². The Balaban J connectivity index is 1.85.